The Morgan fingerprint density at radius 3 is 2.48 bits per heavy atom. The number of rotatable bonds is 2. The maximum atomic E-state index is 12.4. The third-order valence-electron chi connectivity index (χ3n) is 5.24. The molecule has 23 heavy (non-hydrogen) atoms. The van der Waals surface area contributed by atoms with Crippen LogP contribution in [0, 0.1) is 11.8 Å². The lowest BCUT2D eigenvalue weighted by atomic mass is 9.65. The van der Waals surface area contributed by atoms with Crippen LogP contribution in [0.4, 0.5) is 0 Å². The number of esters is 2. The fraction of sp³-hybridized carbons (Fsp3) is 0.556. The molecule has 5 heteroatoms. The third kappa shape index (κ3) is 2.53. The number of aliphatic hydroxyl groups is 1. The summed E-state index contributed by atoms with van der Waals surface area (Å²) in [6, 6.07) is 5.81. The molecular formula is C18H22O5. The number of hydrogen-bond donors (Lipinski definition) is 1. The summed E-state index contributed by atoms with van der Waals surface area (Å²) in [5.41, 5.74) is 2.96. The van der Waals surface area contributed by atoms with Crippen molar-refractivity contribution in [1.29, 1.82) is 0 Å². The van der Waals surface area contributed by atoms with Gasteiger partial charge in [0.15, 0.2) is 0 Å². The Morgan fingerprint density at radius 1 is 1.09 bits per heavy atom. The first-order valence-electron chi connectivity index (χ1n) is 8.05. The zero-order valence-electron chi connectivity index (χ0n) is 13.5. The van der Waals surface area contributed by atoms with Gasteiger partial charge < -0.3 is 14.6 Å². The number of aryl methyl sites for hydroxylation is 1. The predicted molar refractivity (Wildman–Crippen MR) is 82.7 cm³/mol. The van der Waals surface area contributed by atoms with Crippen LogP contribution in [0.2, 0.25) is 0 Å². The zero-order valence-corrected chi connectivity index (χ0v) is 13.5. The average Bonchev–Trinajstić information content (AvgIpc) is 2.79. The fourth-order valence-electron chi connectivity index (χ4n) is 4.24. The van der Waals surface area contributed by atoms with Crippen molar-refractivity contribution in [1.82, 2.24) is 0 Å². The molecule has 4 atom stereocenters. The fourth-order valence-corrected chi connectivity index (χ4v) is 4.24. The monoisotopic (exact) mass is 318 g/mol. The van der Waals surface area contributed by atoms with Crippen molar-refractivity contribution >= 4 is 11.9 Å². The SMILES string of the molecule is COC(=O)[C@H]1[C@H](C(=O)OC)[C@H]2CCCCc3cccc(c32)[C@H]1O. The second kappa shape index (κ2) is 6.32. The van der Waals surface area contributed by atoms with Crippen LogP contribution < -0.4 is 0 Å². The number of aliphatic hydroxyl groups excluding tert-OH is 1. The molecule has 0 radical (unpaired) electrons. The van der Waals surface area contributed by atoms with E-state index >= 15 is 0 Å². The van der Waals surface area contributed by atoms with Gasteiger partial charge in [0.2, 0.25) is 0 Å². The Bertz CT molecular complexity index is 624. The van der Waals surface area contributed by atoms with E-state index in [1.807, 2.05) is 12.1 Å². The topological polar surface area (TPSA) is 72.8 Å². The lowest BCUT2D eigenvalue weighted by Crippen LogP contribution is -2.43. The van der Waals surface area contributed by atoms with Crippen LogP contribution in [0.5, 0.6) is 0 Å². The molecule has 0 saturated heterocycles. The Hall–Kier alpha value is -1.88. The largest absolute Gasteiger partial charge is 0.469 e. The van der Waals surface area contributed by atoms with Gasteiger partial charge in [-0.1, -0.05) is 24.6 Å². The van der Waals surface area contributed by atoms with E-state index in [-0.39, 0.29) is 5.92 Å². The molecule has 124 valence electrons. The van der Waals surface area contributed by atoms with Gasteiger partial charge in [-0.2, -0.15) is 0 Å². The lowest BCUT2D eigenvalue weighted by molar-refractivity contribution is -0.165. The minimum atomic E-state index is -1.05. The summed E-state index contributed by atoms with van der Waals surface area (Å²) in [5, 5.41) is 10.8. The van der Waals surface area contributed by atoms with Crippen molar-refractivity contribution in [2.24, 2.45) is 11.8 Å². The van der Waals surface area contributed by atoms with Gasteiger partial charge >= 0.3 is 11.9 Å². The number of ether oxygens (including phenoxy) is 2. The molecule has 0 bridgehead atoms. The number of hydrogen-bond acceptors (Lipinski definition) is 5. The highest BCUT2D eigenvalue weighted by atomic mass is 16.5. The molecule has 0 spiro atoms. The third-order valence-corrected chi connectivity index (χ3v) is 5.24. The number of carbonyl (C=O) groups excluding carboxylic acids is 2. The van der Waals surface area contributed by atoms with Gasteiger partial charge in [0.1, 0.15) is 5.92 Å². The van der Waals surface area contributed by atoms with E-state index in [1.54, 1.807) is 0 Å². The van der Waals surface area contributed by atoms with Crippen LogP contribution in [0.3, 0.4) is 0 Å². The summed E-state index contributed by atoms with van der Waals surface area (Å²) in [7, 11) is 2.60. The van der Waals surface area contributed by atoms with Crippen LogP contribution in [-0.2, 0) is 25.5 Å². The zero-order chi connectivity index (χ0) is 16.6. The molecule has 1 aromatic rings. The normalized spacial score (nSPS) is 29.2. The minimum absolute atomic E-state index is 0.108. The second-order valence-corrected chi connectivity index (χ2v) is 6.32. The van der Waals surface area contributed by atoms with Crippen LogP contribution in [0.15, 0.2) is 18.2 Å². The molecular weight excluding hydrogens is 296 g/mol. The van der Waals surface area contributed by atoms with Gasteiger partial charge in [0, 0.05) is 0 Å². The molecule has 1 aromatic carbocycles. The second-order valence-electron chi connectivity index (χ2n) is 6.32. The molecule has 0 amide bonds. The highest BCUT2D eigenvalue weighted by Crippen LogP contribution is 2.50. The summed E-state index contributed by atoms with van der Waals surface area (Å²) in [6.07, 6.45) is 2.72. The molecule has 3 rings (SSSR count). The van der Waals surface area contributed by atoms with E-state index < -0.39 is 29.9 Å². The molecule has 2 aliphatic rings. The molecule has 0 fully saturated rings. The molecule has 0 heterocycles. The minimum Gasteiger partial charge on any atom is -0.469 e. The van der Waals surface area contributed by atoms with Crippen LogP contribution >= 0.6 is 0 Å². The highest BCUT2D eigenvalue weighted by Gasteiger charge is 2.51. The molecule has 0 aromatic heterocycles. The Morgan fingerprint density at radius 2 is 1.78 bits per heavy atom. The summed E-state index contributed by atoms with van der Waals surface area (Å²) < 4.78 is 9.82. The standard InChI is InChI=1S/C18H22O5/c1-22-17(20)14-11-8-4-3-6-10-7-5-9-12(13(10)11)16(19)15(14)18(21)23-2/h5,7,9,11,14-16,19H,3-4,6,8H2,1-2H3/t11-,14+,15-,16+/m0/s1. The summed E-state index contributed by atoms with van der Waals surface area (Å²) in [5.74, 6) is -2.74. The van der Waals surface area contributed by atoms with Crippen molar-refractivity contribution in [3.05, 3.63) is 34.9 Å². The molecule has 5 nitrogen and oxygen atoms in total. The average molecular weight is 318 g/mol. The maximum Gasteiger partial charge on any atom is 0.312 e. The first-order valence-corrected chi connectivity index (χ1v) is 8.05. The van der Waals surface area contributed by atoms with Gasteiger partial charge in [-0.3, -0.25) is 9.59 Å². The van der Waals surface area contributed by atoms with Crippen molar-refractivity contribution in [2.75, 3.05) is 14.2 Å². The van der Waals surface area contributed by atoms with Crippen molar-refractivity contribution in [3.8, 4) is 0 Å². The van der Waals surface area contributed by atoms with E-state index in [2.05, 4.69) is 6.07 Å². The van der Waals surface area contributed by atoms with Gasteiger partial charge in [0.25, 0.3) is 0 Å². The Balaban J connectivity index is 2.19. The quantitative estimate of drug-likeness (QED) is 0.846. The first-order chi connectivity index (χ1) is 11.1. The summed E-state index contributed by atoms with van der Waals surface area (Å²) >= 11 is 0. The number of methoxy groups -OCH3 is 2. The number of benzene rings is 1. The molecule has 0 aliphatic heterocycles. The van der Waals surface area contributed by atoms with Crippen LogP contribution in [-0.4, -0.2) is 31.3 Å². The van der Waals surface area contributed by atoms with Gasteiger partial charge in [-0.05, 0) is 41.9 Å². The first kappa shape index (κ1) is 16.0. The van der Waals surface area contributed by atoms with Crippen molar-refractivity contribution in [2.45, 2.75) is 37.7 Å². The molecule has 2 aliphatic carbocycles. The molecule has 0 unspecified atom stereocenters. The Labute approximate surface area is 135 Å². The van der Waals surface area contributed by atoms with E-state index in [0.29, 0.717) is 0 Å². The lowest BCUT2D eigenvalue weighted by Gasteiger charge is -2.40. The summed E-state index contributed by atoms with van der Waals surface area (Å²) in [6.45, 7) is 0. The van der Waals surface area contributed by atoms with Crippen molar-refractivity contribution < 1.29 is 24.2 Å². The van der Waals surface area contributed by atoms with Gasteiger partial charge in [0.05, 0.1) is 26.2 Å². The highest BCUT2D eigenvalue weighted by molar-refractivity contribution is 5.84. The smallest absolute Gasteiger partial charge is 0.312 e. The van der Waals surface area contributed by atoms with Crippen molar-refractivity contribution in [3.63, 3.8) is 0 Å². The number of carbonyl (C=O) groups is 2. The Kier molecular flexibility index (Phi) is 4.39. The van der Waals surface area contributed by atoms with Gasteiger partial charge in [-0.25, -0.2) is 0 Å². The van der Waals surface area contributed by atoms with E-state index in [4.69, 9.17) is 9.47 Å². The summed E-state index contributed by atoms with van der Waals surface area (Å²) in [4.78, 5) is 24.7. The van der Waals surface area contributed by atoms with Crippen LogP contribution in [0.25, 0.3) is 0 Å². The van der Waals surface area contributed by atoms with E-state index in [0.717, 1.165) is 36.8 Å². The van der Waals surface area contributed by atoms with E-state index in [9.17, 15) is 14.7 Å². The van der Waals surface area contributed by atoms with Gasteiger partial charge in [-0.15, -0.1) is 0 Å². The maximum absolute atomic E-state index is 12.4. The molecule has 0 saturated carbocycles. The predicted octanol–water partition coefficient (Wildman–Crippen LogP) is 2.12. The molecule has 1 N–H and O–H groups in total. The van der Waals surface area contributed by atoms with E-state index in [1.165, 1.54) is 19.8 Å². The van der Waals surface area contributed by atoms with Crippen LogP contribution in [0.1, 0.15) is 48.0 Å².